The molecule has 1 aromatic carbocycles. The molecule has 3 rings (SSSR count). The highest BCUT2D eigenvalue weighted by Gasteiger charge is 2.29. The molecule has 0 spiro atoms. The number of alkyl halides is 3. The first-order valence-corrected chi connectivity index (χ1v) is 6.48. The minimum atomic E-state index is -4.35. The van der Waals surface area contributed by atoms with Gasteiger partial charge in [-0.05, 0) is 38.1 Å². The summed E-state index contributed by atoms with van der Waals surface area (Å²) < 4.78 is 39.2. The molecule has 2 aromatic heterocycles. The number of nitrogens with zero attached hydrogens (tertiary/aromatic N) is 4. The molecule has 0 fully saturated rings. The molecule has 0 unspecified atom stereocenters. The van der Waals surface area contributed by atoms with Crippen molar-refractivity contribution < 1.29 is 13.2 Å². The number of nitrogens with one attached hydrogen (secondary N) is 1. The van der Waals surface area contributed by atoms with Gasteiger partial charge >= 0.3 is 6.18 Å². The molecule has 2 heterocycles. The Labute approximate surface area is 123 Å². The normalized spacial score (nSPS) is 11.9. The van der Waals surface area contributed by atoms with E-state index in [0.29, 0.717) is 23.1 Å². The number of aryl methyl sites for hydroxylation is 2. The predicted molar refractivity (Wildman–Crippen MR) is 75.0 cm³/mol. The van der Waals surface area contributed by atoms with Crippen LogP contribution in [-0.4, -0.2) is 19.6 Å². The molecule has 0 radical (unpaired) electrons. The van der Waals surface area contributed by atoms with Crippen molar-refractivity contribution in [1.29, 1.82) is 0 Å². The SMILES string of the molecule is Cc1cc(Nc2ccc(C(F)(F)F)cc2)n2nc(C)nc2n1. The molecule has 0 saturated carbocycles. The third-order valence-corrected chi connectivity index (χ3v) is 3.03. The Balaban J connectivity index is 1.96. The van der Waals surface area contributed by atoms with Gasteiger partial charge in [0, 0.05) is 17.4 Å². The maximum atomic E-state index is 12.6. The van der Waals surface area contributed by atoms with Crippen LogP contribution in [0.3, 0.4) is 0 Å². The summed E-state index contributed by atoms with van der Waals surface area (Å²) in [5.74, 6) is 1.59. The number of anilines is 2. The standard InChI is InChI=1S/C14H12F3N5/c1-8-7-12(22-13(18-8)19-9(2)21-22)20-11-5-3-10(4-6-11)14(15,16)17/h3-7,20H,1-2H3. The van der Waals surface area contributed by atoms with Gasteiger partial charge in [-0.3, -0.25) is 0 Å². The van der Waals surface area contributed by atoms with Crippen LogP contribution < -0.4 is 5.32 Å². The third-order valence-electron chi connectivity index (χ3n) is 3.03. The van der Waals surface area contributed by atoms with E-state index in [1.54, 1.807) is 13.0 Å². The maximum Gasteiger partial charge on any atom is 0.416 e. The van der Waals surface area contributed by atoms with Gasteiger partial charge in [-0.1, -0.05) is 0 Å². The largest absolute Gasteiger partial charge is 0.416 e. The summed E-state index contributed by atoms with van der Waals surface area (Å²) in [5.41, 5.74) is 0.563. The van der Waals surface area contributed by atoms with Crippen molar-refractivity contribution in [3.8, 4) is 0 Å². The maximum absolute atomic E-state index is 12.6. The zero-order valence-corrected chi connectivity index (χ0v) is 11.8. The van der Waals surface area contributed by atoms with Crippen molar-refractivity contribution in [1.82, 2.24) is 19.6 Å². The first-order valence-electron chi connectivity index (χ1n) is 6.48. The molecule has 1 N–H and O–H groups in total. The Morgan fingerprint density at radius 3 is 2.36 bits per heavy atom. The third kappa shape index (κ3) is 2.72. The zero-order valence-electron chi connectivity index (χ0n) is 11.8. The van der Waals surface area contributed by atoms with Crippen LogP contribution in [-0.2, 0) is 6.18 Å². The summed E-state index contributed by atoms with van der Waals surface area (Å²) in [6.45, 7) is 3.55. The van der Waals surface area contributed by atoms with Crippen molar-refractivity contribution in [3.05, 3.63) is 47.4 Å². The molecule has 0 aliphatic heterocycles. The second-order valence-electron chi connectivity index (χ2n) is 4.85. The van der Waals surface area contributed by atoms with E-state index >= 15 is 0 Å². The van der Waals surface area contributed by atoms with Gasteiger partial charge in [0.05, 0.1) is 5.56 Å². The molecule has 22 heavy (non-hydrogen) atoms. The first-order chi connectivity index (χ1) is 10.3. The van der Waals surface area contributed by atoms with Crippen molar-refractivity contribution in [2.24, 2.45) is 0 Å². The molecule has 0 aliphatic rings. The van der Waals surface area contributed by atoms with Crippen LogP contribution >= 0.6 is 0 Å². The van der Waals surface area contributed by atoms with Gasteiger partial charge in [-0.15, -0.1) is 5.10 Å². The summed E-state index contributed by atoms with van der Waals surface area (Å²) in [7, 11) is 0. The fraction of sp³-hybridized carbons (Fsp3) is 0.214. The van der Waals surface area contributed by atoms with Gasteiger partial charge in [0.1, 0.15) is 11.6 Å². The van der Waals surface area contributed by atoms with E-state index in [0.717, 1.165) is 17.8 Å². The number of fused-ring (bicyclic) bond motifs is 1. The van der Waals surface area contributed by atoms with Crippen LogP contribution in [0.1, 0.15) is 17.1 Å². The van der Waals surface area contributed by atoms with Gasteiger partial charge in [-0.2, -0.15) is 22.7 Å². The average molecular weight is 307 g/mol. The van der Waals surface area contributed by atoms with E-state index in [4.69, 9.17) is 0 Å². The molecule has 0 atom stereocenters. The number of rotatable bonds is 2. The van der Waals surface area contributed by atoms with Gasteiger partial charge in [0.2, 0.25) is 0 Å². The molecule has 0 aliphatic carbocycles. The Kier molecular flexibility index (Phi) is 3.23. The molecular weight excluding hydrogens is 295 g/mol. The highest BCUT2D eigenvalue weighted by molar-refractivity contribution is 5.59. The number of benzene rings is 1. The van der Waals surface area contributed by atoms with Crippen LogP contribution in [0.25, 0.3) is 5.78 Å². The monoisotopic (exact) mass is 307 g/mol. The van der Waals surface area contributed by atoms with E-state index in [1.807, 2.05) is 6.92 Å². The van der Waals surface area contributed by atoms with Crippen LogP contribution in [0.5, 0.6) is 0 Å². The lowest BCUT2D eigenvalue weighted by molar-refractivity contribution is -0.137. The van der Waals surface area contributed by atoms with Crippen molar-refractivity contribution in [3.63, 3.8) is 0 Å². The van der Waals surface area contributed by atoms with Gasteiger partial charge in [0.25, 0.3) is 5.78 Å². The number of hydrogen-bond donors (Lipinski definition) is 1. The first kappa shape index (κ1) is 14.3. The van der Waals surface area contributed by atoms with Gasteiger partial charge in [0.15, 0.2) is 0 Å². The minimum absolute atomic E-state index is 0.437. The molecule has 0 amide bonds. The number of hydrogen-bond acceptors (Lipinski definition) is 4. The topological polar surface area (TPSA) is 55.1 Å². The summed E-state index contributed by atoms with van der Waals surface area (Å²) in [4.78, 5) is 8.42. The van der Waals surface area contributed by atoms with E-state index in [1.165, 1.54) is 16.6 Å². The Morgan fingerprint density at radius 1 is 1.05 bits per heavy atom. The Bertz CT molecular complexity index is 821. The van der Waals surface area contributed by atoms with Crippen LogP contribution in [0.4, 0.5) is 24.7 Å². The second kappa shape index (κ2) is 4.97. The molecule has 5 nitrogen and oxygen atoms in total. The smallest absolute Gasteiger partial charge is 0.340 e. The van der Waals surface area contributed by atoms with Crippen LogP contribution in [0.15, 0.2) is 30.3 Å². The molecule has 114 valence electrons. The molecule has 8 heteroatoms. The second-order valence-corrected chi connectivity index (χ2v) is 4.85. The zero-order chi connectivity index (χ0) is 15.9. The van der Waals surface area contributed by atoms with Crippen molar-refractivity contribution in [2.45, 2.75) is 20.0 Å². The summed E-state index contributed by atoms with van der Waals surface area (Å²) in [5, 5.41) is 7.24. The van der Waals surface area contributed by atoms with E-state index in [2.05, 4.69) is 20.4 Å². The molecule has 0 bridgehead atoms. The predicted octanol–water partition coefficient (Wildman–Crippen LogP) is 3.50. The van der Waals surface area contributed by atoms with Crippen molar-refractivity contribution >= 4 is 17.3 Å². The Morgan fingerprint density at radius 2 is 1.73 bits per heavy atom. The number of halogens is 3. The molecular formula is C14H12F3N5. The van der Waals surface area contributed by atoms with E-state index < -0.39 is 11.7 Å². The fourth-order valence-electron chi connectivity index (χ4n) is 2.07. The summed E-state index contributed by atoms with van der Waals surface area (Å²) in [6, 6.07) is 6.54. The molecule has 0 saturated heterocycles. The average Bonchev–Trinajstić information content (AvgIpc) is 2.78. The van der Waals surface area contributed by atoms with Gasteiger partial charge < -0.3 is 5.32 Å². The van der Waals surface area contributed by atoms with Crippen LogP contribution in [0.2, 0.25) is 0 Å². The fourth-order valence-corrected chi connectivity index (χ4v) is 2.07. The lowest BCUT2D eigenvalue weighted by Crippen LogP contribution is -2.05. The summed E-state index contributed by atoms with van der Waals surface area (Å²) >= 11 is 0. The Hall–Kier alpha value is -2.64. The summed E-state index contributed by atoms with van der Waals surface area (Å²) in [6.07, 6.45) is -4.35. The number of aromatic nitrogens is 4. The van der Waals surface area contributed by atoms with E-state index in [9.17, 15) is 13.2 Å². The lowest BCUT2D eigenvalue weighted by Gasteiger charge is -2.10. The van der Waals surface area contributed by atoms with E-state index in [-0.39, 0.29) is 0 Å². The minimum Gasteiger partial charge on any atom is -0.340 e. The van der Waals surface area contributed by atoms with Crippen molar-refractivity contribution in [2.75, 3.05) is 5.32 Å². The van der Waals surface area contributed by atoms with Gasteiger partial charge in [-0.25, -0.2) is 4.98 Å². The highest BCUT2D eigenvalue weighted by atomic mass is 19.4. The highest BCUT2D eigenvalue weighted by Crippen LogP contribution is 2.30. The quantitative estimate of drug-likeness (QED) is 0.787. The lowest BCUT2D eigenvalue weighted by atomic mass is 10.2. The molecule has 3 aromatic rings. The van der Waals surface area contributed by atoms with Crippen LogP contribution in [0, 0.1) is 13.8 Å².